The van der Waals surface area contributed by atoms with Crippen LogP contribution >= 0.6 is 0 Å². The minimum Gasteiger partial charge on any atom is -0.451 e. The molecule has 206 valence electrons. The molecule has 1 aromatic rings. The number of rotatable bonds is 13. The molecule has 2 fully saturated rings. The van der Waals surface area contributed by atoms with E-state index in [0.29, 0.717) is 32.2 Å². The van der Waals surface area contributed by atoms with Crippen LogP contribution in [0, 0.1) is 5.92 Å². The lowest BCUT2D eigenvalue weighted by molar-refractivity contribution is -0.191. The van der Waals surface area contributed by atoms with Gasteiger partial charge < -0.3 is 19.7 Å². The lowest BCUT2D eigenvalue weighted by Crippen LogP contribution is -2.51. The van der Waals surface area contributed by atoms with Crippen molar-refractivity contribution in [2.45, 2.75) is 95.7 Å². The number of ether oxygens (including phenoxy) is 1. The normalized spacial score (nSPS) is 24.9. The summed E-state index contributed by atoms with van der Waals surface area (Å²) in [7, 11) is -1.92. The molecule has 0 aromatic heterocycles. The summed E-state index contributed by atoms with van der Waals surface area (Å²) >= 11 is 0. The molecule has 0 radical (unpaired) electrons. The van der Waals surface area contributed by atoms with Crippen molar-refractivity contribution in [3.05, 3.63) is 35.9 Å². The number of aldehydes is 1. The van der Waals surface area contributed by atoms with Crippen LogP contribution in [0.5, 0.6) is 0 Å². The van der Waals surface area contributed by atoms with Gasteiger partial charge in [0, 0.05) is 13.1 Å². The third-order valence-electron chi connectivity index (χ3n) is 8.19. The Morgan fingerprint density at radius 3 is 2.62 bits per heavy atom. The summed E-state index contributed by atoms with van der Waals surface area (Å²) < 4.78 is 12.6. The first-order valence-corrected chi connectivity index (χ1v) is 16.5. The molecular weight excluding hydrogens is 486 g/mol. The Morgan fingerprint density at radius 2 is 1.97 bits per heavy atom. The van der Waals surface area contributed by atoms with Crippen molar-refractivity contribution in [3.8, 4) is 0 Å². The monoisotopic (exact) mass is 531 g/mol. The molecule has 3 N–H and O–H groups in total. The lowest BCUT2D eigenvalue weighted by Gasteiger charge is -2.37. The van der Waals surface area contributed by atoms with Gasteiger partial charge in [-0.2, -0.15) is 5.06 Å². The second-order valence-electron chi connectivity index (χ2n) is 12.1. The molecule has 1 saturated carbocycles. The average Bonchev–Trinajstić information content (AvgIpc) is 3.40. The number of nitrogens with two attached hydrogens (primary N) is 1. The Bertz CT molecular complexity index is 921. The molecule has 2 aliphatic heterocycles. The highest BCUT2D eigenvalue weighted by Crippen LogP contribution is 2.37. The first-order chi connectivity index (χ1) is 17.6. The molecule has 2 unspecified atom stereocenters. The van der Waals surface area contributed by atoms with Gasteiger partial charge in [-0.05, 0) is 42.5 Å². The number of hydrazone groups is 1. The maximum Gasteiger partial charge on any atom is 0.225 e. The fraction of sp³-hybridized carbons (Fsp3) is 0.704. The topological polar surface area (TPSA) is 102 Å². The molecule has 0 spiro atoms. The minimum absolute atomic E-state index is 0.111. The maximum atomic E-state index is 12.2. The summed E-state index contributed by atoms with van der Waals surface area (Å²) in [6.07, 6.45) is 4.54. The Balaban J connectivity index is 1.37. The van der Waals surface area contributed by atoms with Gasteiger partial charge in [-0.25, -0.2) is 0 Å². The molecule has 1 saturated heterocycles. The van der Waals surface area contributed by atoms with E-state index in [1.807, 2.05) is 30.3 Å². The van der Waals surface area contributed by atoms with Gasteiger partial charge in [0.25, 0.3) is 0 Å². The number of nitrogens with one attached hydrogen (secondary N) is 1. The fourth-order valence-electron chi connectivity index (χ4n) is 4.49. The van der Waals surface area contributed by atoms with Crippen molar-refractivity contribution < 1.29 is 18.8 Å². The van der Waals surface area contributed by atoms with Crippen LogP contribution in [0.25, 0.3) is 0 Å². The minimum atomic E-state index is -1.92. The first kappa shape index (κ1) is 28.2. The number of hydrogen-bond donors (Lipinski definition) is 2. The van der Waals surface area contributed by atoms with Crippen LogP contribution in [0.15, 0.2) is 35.4 Å². The van der Waals surface area contributed by atoms with Crippen molar-refractivity contribution in [1.29, 1.82) is 0 Å². The standard InChI is InChI=1S/C27H45N5O4Si/c1-27(2,3)37(4,5)35-19-22(28)25-29-30-26(36-25)23(14-13-20-11-12-20)31-15-16-32(24(31)17-33)34-18-21-9-7-6-8-10-21/h6-10,17,20,22-25,29H,11-16,18-19,28H2,1-5H3/t22-,23-,24?,25?/m0/s1. The van der Waals surface area contributed by atoms with E-state index in [2.05, 4.69) is 49.3 Å². The zero-order valence-corrected chi connectivity index (χ0v) is 24.1. The van der Waals surface area contributed by atoms with Gasteiger partial charge >= 0.3 is 0 Å². The molecule has 4 atom stereocenters. The third kappa shape index (κ3) is 7.19. The van der Waals surface area contributed by atoms with Crippen LogP contribution in [-0.2, 0) is 25.4 Å². The third-order valence-corrected chi connectivity index (χ3v) is 12.7. The van der Waals surface area contributed by atoms with Crippen LogP contribution in [0.1, 0.15) is 52.0 Å². The highest BCUT2D eigenvalue weighted by molar-refractivity contribution is 6.74. The van der Waals surface area contributed by atoms with E-state index in [0.717, 1.165) is 30.6 Å². The smallest absolute Gasteiger partial charge is 0.225 e. The van der Waals surface area contributed by atoms with Crippen LogP contribution in [0.3, 0.4) is 0 Å². The van der Waals surface area contributed by atoms with E-state index < -0.39 is 20.7 Å². The average molecular weight is 532 g/mol. The number of carbonyl (C=O) groups is 1. The van der Waals surface area contributed by atoms with Crippen molar-refractivity contribution in [2.75, 3.05) is 19.7 Å². The largest absolute Gasteiger partial charge is 0.451 e. The van der Waals surface area contributed by atoms with Gasteiger partial charge in [0.05, 0.1) is 25.3 Å². The van der Waals surface area contributed by atoms with Crippen molar-refractivity contribution in [2.24, 2.45) is 16.8 Å². The molecule has 10 heteroatoms. The summed E-state index contributed by atoms with van der Waals surface area (Å²) in [5.74, 6) is 1.36. The molecular formula is C27H45N5O4Si. The van der Waals surface area contributed by atoms with Gasteiger partial charge in [0.15, 0.2) is 14.6 Å². The Morgan fingerprint density at radius 1 is 1.24 bits per heavy atom. The summed E-state index contributed by atoms with van der Waals surface area (Å²) in [5.41, 5.74) is 10.7. The van der Waals surface area contributed by atoms with Crippen LogP contribution < -0.4 is 11.2 Å². The second-order valence-corrected chi connectivity index (χ2v) is 16.9. The number of hydroxylamine groups is 2. The molecule has 4 rings (SSSR count). The predicted octanol–water partition coefficient (Wildman–Crippen LogP) is 3.43. The van der Waals surface area contributed by atoms with Crippen LogP contribution in [-0.4, -0.2) is 74.6 Å². The van der Waals surface area contributed by atoms with Crippen molar-refractivity contribution in [1.82, 2.24) is 15.4 Å². The number of benzene rings is 1. The molecule has 9 nitrogen and oxygen atoms in total. The molecule has 0 amide bonds. The Hall–Kier alpha value is -1.82. The zero-order valence-electron chi connectivity index (χ0n) is 23.1. The summed E-state index contributed by atoms with van der Waals surface area (Å²) in [6.45, 7) is 13.3. The van der Waals surface area contributed by atoms with E-state index in [9.17, 15) is 4.79 Å². The van der Waals surface area contributed by atoms with Crippen molar-refractivity contribution in [3.63, 3.8) is 0 Å². The summed E-state index contributed by atoms with van der Waals surface area (Å²) in [6, 6.07) is 9.52. The molecule has 37 heavy (non-hydrogen) atoms. The van der Waals surface area contributed by atoms with E-state index in [-0.39, 0.29) is 17.1 Å². The van der Waals surface area contributed by atoms with Crippen LogP contribution in [0.4, 0.5) is 0 Å². The van der Waals surface area contributed by atoms with Gasteiger partial charge in [-0.3, -0.25) is 15.2 Å². The van der Waals surface area contributed by atoms with E-state index in [1.54, 1.807) is 5.06 Å². The summed E-state index contributed by atoms with van der Waals surface area (Å²) in [5, 5.41) is 6.46. The number of hydrogen-bond acceptors (Lipinski definition) is 9. The van der Waals surface area contributed by atoms with Gasteiger partial charge in [-0.1, -0.05) is 63.9 Å². The molecule has 1 aliphatic carbocycles. The summed E-state index contributed by atoms with van der Waals surface area (Å²) in [4.78, 5) is 20.5. The number of nitrogens with zero attached hydrogens (tertiary/aromatic N) is 3. The fourth-order valence-corrected chi connectivity index (χ4v) is 5.53. The lowest BCUT2D eigenvalue weighted by atomic mass is 10.1. The van der Waals surface area contributed by atoms with Crippen LogP contribution in [0.2, 0.25) is 18.1 Å². The Labute approximate surface area is 222 Å². The quantitative estimate of drug-likeness (QED) is 0.295. The van der Waals surface area contributed by atoms with Gasteiger partial charge in [0.1, 0.15) is 6.17 Å². The Kier molecular flexibility index (Phi) is 9.08. The van der Waals surface area contributed by atoms with Gasteiger partial charge in [0.2, 0.25) is 12.1 Å². The zero-order chi connectivity index (χ0) is 26.6. The molecule has 3 aliphatic rings. The predicted molar refractivity (Wildman–Crippen MR) is 147 cm³/mol. The van der Waals surface area contributed by atoms with E-state index in [1.165, 1.54) is 12.8 Å². The molecule has 2 heterocycles. The SMILES string of the molecule is CC(C)(C)[Si](C)(C)OC[C@H](N)C1NN=C([C@H](CCC2CC2)N2CCN(OCc3ccccc3)C2C=O)O1. The highest BCUT2D eigenvalue weighted by Gasteiger charge is 2.43. The first-order valence-electron chi connectivity index (χ1n) is 13.6. The second kappa shape index (κ2) is 11.9. The van der Waals surface area contributed by atoms with E-state index >= 15 is 0 Å². The number of carbonyl (C=O) groups excluding carboxylic acids is 1. The highest BCUT2D eigenvalue weighted by atomic mass is 28.4. The maximum absolute atomic E-state index is 12.2. The van der Waals surface area contributed by atoms with Crippen molar-refractivity contribution >= 4 is 20.5 Å². The molecule has 1 aromatic carbocycles. The van der Waals surface area contributed by atoms with E-state index in [4.69, 9.17) is 19.7 Å². The molecule has 0 bridgehead atoms. The van der Waals surface area contributed by atoms with Gasteiger partial charge in [-0.15, -0.1) is 5.10 Å².